The molecule has 0 atom stereocenters. The number of carbonyl (C=O) groups excluding carboxylic acids is 2. The van der Waals surface area contributed by atoms with E-state index in [2.05, 4.69) is 5.32 Å². The van der Waals surface area contributed by atoms with Gasteiger partial charge in [0.15, 0.2) is 11.5 Å². The molecule has 7 heteroatoms. The predicted octanol–water partition coefficient (Wildman–Crippen LogP) is 2.90. The van der Waals surface area contributed by atoms with Crippen LogP contribution in [0.2, 0.25) is 0 Å². The summed E-state index contributed by atoms with van der Waals surface area (Å²) in [5.74, 6) is -0.273. The Morgan fingerprint density at radius 1 is 1.10 bits per heavy atom. The lowest BCUT2D eigenvalue weighted by Crippen LogP contribution is -2.27. The maximum absolute atomic E-state index is 12.2. The van der Waals surface area contributed by atoms with Gasteiger partial charge in [-0.2, -0.15) is 5.26 Å². The van der Waals surface area contributed by atoms with Crippen molar-refractivity contribution in [3.63, 3.8) is 0 Å². The van der Waals surface area contributed by atoms with Crippen LogP contribution >= 0.6 is 0 Å². The summed E-state index contributed by atoms with van der Waals surface area (Å²) in [5.41, 5.74) is 1.56. The van der Waals surface area contributed by atoms with Crippen LogP contribution in [-0.4, -0.2) is 39.2 Å². The molecule has 0 spiro atoms. The van der Waals surface area contributed by atoms with Gasteiger partial charge < -0.3 is 19.5 Å². The number of ether oxygens (including phenoxy) is 3. The molecule has 2 aromatic rings. The number of aryl methyl sites for hydroxylation is 1. The van der Waals surface area contributed by atoms with Crippen molar-refractivity contribution < 1.29 is 23.8 Å². The second-order valence-corrected chi connectivity index (χ2v) is 6.29. The highest BCUT2D eigenvalue weighted by atomic mass is 16.6. The van der Waals surface area contributed by atoms with Crippen LogP contribution in [0.15, 0.2) is 54.1 Å². The summed E-state index contributed by atoms with van der Waals surface area (Å²) in [5, 5.41) is 11.8. The SMILES string of the molecule is COCCNC(=O)C(C#N)=Cc1ccc(OC(=O)CCc2ccccc2)c(OC)c1. The van der Waals surface area contributed by atoms with Gasteiger partial charge in [0.05, 0.1) is 13.7 Å². The van der Waals surface area contributed by atoms with Crippen LogP contribution in [0.5, 0.6) is 11.5 Å². The summed E-state index contributed by atoms with van der Waals surface area (Å²) in [4.78, 5) is 24.2. The van der Waals surface area contributed by atoms with Crippen LogP contribution in [0.3, 0.4) is 0 Å². The van der Waals surface area contributed by atoms with Crippen molar-refractivity contribution in [3.8, 4) is 17.6 Å². The van der Waals surface area contributed by atoms with Gasteiger partial charge >= 0.3 is 5.97 Å². The number of carbonyl (C=O) groups is 2. The Balaban J connectivity index is 2.05. The molecular formula is C23H24N2O5. The van der Waals surface area contributed by atoms with E-state index in [1.807, 2.05) is 36.4 Å². The molecule has 0 unspecified atom stereocenters. The lowest BCUT2D eigenvalue weighted by atomic mass is 10.1. The number of benzene rings is 2. The quantitative estimate of drug-likeness (QED) is 0.213. The standard InChI is InChI=1S/C23H24N2O5/c1-28-13-12-25-23(27)19(16-24)14-18-8-10-20(21(15-18)29-2)30-22(26)11-9-17-6-4-3-5-7-17/h3-8,10,14-15H,9,11-13H2,1-2H3,(H,25,27). The maximum Gasteiger partial charge on any atom is 0.311 e. The van der Waals surface area contributed by atoms with Gasteiger partial charge in [-0.05, 0) is 35.8 Å². The Morgan fingerprint density at radius 3 is 2.53 bits per heavy atom. The van der Waals surface area contributed by atoms with Gasteiger partial charge in [0, 0.05) is 20.1 Å². The number of esters is 1. The molecule has 156 valence electrons. The molecule has 2 rings (SSSR count). The molecule has 0 bridgehead atoms. The Bertz CT molecular complexity index is 932. The first kappa shape index (κ1) is 22.7. The molecule has 7 nitrogen and oxygen atoms in total. The largest absolute Gasteiger partial charge is 0.493 e. The molecule has 1 N–H and O–H groups in total. The van der Waals surface area contributed by atoms with Gasteiger partial charge in [0.1, 0.15) is 11.6 Å². The van der Waals surface area contributed by atoms with Crippen LogP contribution in [-0.2, 0) is 20.7 Å². The number of nitrogens with one attached hydrogen (secondary N) is 1. The Morgan fingerprint density at radius 2 is 1.87 bits per heavy atom. The zero-order valence-electron chi connectivity index (χ0n) is 17.0. The van der Waals surface area contributed by atoms with Crippen molar-refractivity contribution in [2.45, 2.75) is 12.8 Å². The van der Waals surface area contributed by atoms with Gasteiger partial charge in [0.2, 0.25) is 0 Å². The van der Waals surface area contributed by atoms with Gasteiger partial charge in [-0.15, -0.1) is 0 Å². The van der Waals surface area contributed by atoms with E-state index in [1.165, 1.54) is 20.3 Å². The number of hydrogen-bond acceptors (Lipinski definition) is 6. The fourth-order valence-corrected chi connectivity index (χ4v) is 2.60. The molecule has 0 radical (unpaired) electrons. The van der Waals surface area contributed by atoms with Crippen molar-refractivity contribution in [2.24, 2.45) is 0 Å². The van der Waals surface area contributed by atoms with Crippen LogP contribution in [0.4, 0.5) is 0 Å². The van der Waals surface area contributed by atoms with Gasteiger partial charge in [-0.25, -0.2) is 0 Å². The topological polar surface area (TPSA) is 97.6 Å². The summed E-state index contributed by atoms with van der Waals surface area (Å²) < 4.78 is 15.6. The van der Waals surface area contributed by atoms with Gasteiger partial charge in [-0.3, -0.25) is 9.59 Å². The van der Waals surface area contributed by atoms with Crippen LogP contribution in [0.1, 0.15) is 17.5 Å². The molecule has 0 saturated carbocycles. The third kappa shape index (κ3) is 7.08. The number of nitriles is 1. The summed E-state index contributed by atoms with van der Waals surface area (Å²) in [7, 11) is 2.97. The first-order valence-electron chi connectivity index (χ1n) is 9.39. The average Bonchev–Trinajstić information content (AvgIpc) is 2.77. The Hall–Kier alpha value is -3.63. The number of nitrogens with zero attached hydrogens (tertiary/aromatic N) is 1. The number of amides is 1. The van der Waals surface area contributed by atoms with Crippen molar-refractivity contribution in [1.29, 1.82) is 5.26 Å². The van der Waals surface area contributed by atoms with Gasteiger partial charge in [0.25, 0.3) is 5.91 Å². The van der Waals surface area contributed by atoms with Crippen LogP contribution in [0, 0.1) is 11.3 Å². The maximum atomic E-state index is 12.2. The van der Waals surface area contributed by atoms with Crippen molar-refractivity contribution >= 4 is 18.0 Å². The summed E-state index contributed by atoms with van der Waals surface area (Å²) >= 11 is 0. The molecule has 0 aliphatic heterocycles. The predicted molar refractivity (Wildman–Crippen MR) is 112 cm³/mol. The van der Waals surface area contributed by atoms with E-state index in [0.717, 1.165) is 5.56 Å². The van der Waals surface area contributed by atoms with E-state index in [1.54, 1.807) is 18.2 Å². The zero-order chi connectivity index (χ0) is 21.8. The smallest absolute Gasteiger partial charge is 0.311 e. The van der Waals surface area contributed by atoms with Gasteiger partial charge in [-0.1, -0.05) is 36.4 Å². The van der Waals surface area contributed by atoms with E-state index in [-0.39, 0.29) is 23.7 Å². The minimum atomic E-state index is -0.495. The second kappa shape index (κ2) is 12.0. The molecule has 30 heavy (non-hydrogen) atoms. The highest BCUT2D eigenvalue weighted by molar-refractivity contribution is 6.01. The van der Waals surface area contributed by atoms with Crippen molar-refractivity contribution in [3.05, 3.63) is 65.2 Å². The molecule has 1 amide bonds. The second-order valence-electron chi connectivity index (χ2n) is 6.29. The lowest BCUT2D eigenvalue weighted by Gasteiger charge is -2.10. The molecule has 0 aliphatic rings. The van der Waals surface area contributed by atoms with E-state index in [0.29, 0.717) is 30.9 Å². The first-order valence-corrected chi connectivity index (χ1v) is 9.39. The molecule has 0 aromatic heterocycles. The number of hydrogen-bond donors (Lipinski definition) is 1. The minimum Gasteiger partial charge on any atom is -0.493 e. The van der Waals surface area contributed by atoms with Crippen molar-refractivity contribution in [2.75, 3.05) is 27.4 Å². The van der Waals surface area contributed by atoms with E-state index >= 15 is 0 Å². The third-order valence-corrected chi connectivity index (χ3v) is 4.14. The Kier molecular flexibility index (Phi) is 9.10. The molecule has 0 saturated heterocycles. The molecular weight excluding hydrogens is 384 g/mol. The van der Waals surface area contributed by atoms with Crippen LogP contribution < -0.4 is 14.8 Å². The first-order chi connectivity index (χ1) is 14.6. The number of rotatable bonds is 10. The molecule has 2 aromatic carbocycles. The van der Waals surface area contributed by atoms with E-state index < -0.39 is 5.91 Å². The lowest BCUT2D eigenvalue weighted by molar-refractivity contribution is -0.134. The summed E-state index contributed by atoms with van der Waals surface area (Å²) in [6.07, 6.45) is 2.24. The zero-order valence-corrected chi connectivity index (χ0v) is 17.0. The fraction of sp³-hybridized carbons (Fsp3) is 0.261. The van der Waals surface area contributed by atoms with E-state index in [9.17, 15) is 14.9 Å². The molecule has 0 aliphatic carbocycles. The van der Waals surface area contributed by atoms with E-state index in [4.69, 9.17) is 14.2 Å². The monoisotopic (exact) mass is 408 g/mol. The summed E-state index contributed by atoms with van der Waals surface area (Å²) in [6.45, 7) is 0.651. The highest BCUT2D eigenvalue weighted by Gasteiger charge is 2.13. The third-order valence-electron chi connectivity index (χ3n) is 4.14. The van der Waals surface area contributed by atoms with Crippen LogP contribution in [0.25, 0.3) is 6.08 Å². The minimum absolute atomic E-state index is 0.0549. The highest BCUT2D eigenvalue weighted by Crippen LogP contribution is 2.29. The average molecular weight is 408 g/mol. The normalized spacial score (nSPS) is 10.8. The fourth-order valence-electron chi connectivity index (χ4n) is 2.60. The molecule has 0 heterocycles. The summed E-state index contributed by atoms with van der Waals surface area (Å²) in [6, 6.07) is 16.3. The van der Waals surface area contributed by atoms with Crippen molar-refractivity contribution in [1.82, 2.24) is 5.32 Å². The Labute approximate surface area is 175 Å². The number of methoxy groups -OCH3 is 2. The molecule has 0 fully saturated rings.